The van der Waals surface area contributed by atoms with Gasteiger partial charge in [-0.1, -0.05) is 6.92 Å². The Kier molecular flexibility index (Phi) is 2.51. The van der Waals surface area contributed by atoms with Crippen molar-refractivity contribution in [3.05, 3.63) is 27.1 Å². The number of primary amides is 1. The Morgan fingerprint density at radius 3 is 2.88 bits per heavy atom. The summed E-state index contributed by atoms with van der Waals surface area (Å²) < 4.78 is 0.897. The molecule has 0 aliphatic carbocycles. The van der Waals surface area contributed by atoms with Gasteiger partial charge in [-0.15, -0.1) is 11.3 Å². The molecule has 2 heterocycles. The van der Waals surface area contributed by atoms with E-state index < -0.39 is 6.03 Å². The summed E-state index contributed by atoms with van der Waals surface area (Å²) in [7, 11) is 0. The lowest BCUT2D eigenvalue weighted by Crippen LogP contribution is -2.33. The first-order valence-electron chi connectivity index (χ1n) is 4.86. The van der Waals surface area contributed by atoms with Crippen LogP contribution in [0, 0.1) is 6.92 Å². The zero-order chi connectivity index (χ0) is 11.9. The second kappa shape index (κ2) is 3.71. The third-order valence-corrected chi connectivity index (χ3v) is 3.53. The molecule has 6 heteroatoms. The van der Waals surface area contributed by atoms with Gasteiger partial charge in [-0.25, -0.2) is 14.3 Å². The summed E-state index contributed by atoms with van der Waals surface area (Å²) in [4.78, 5) is 29.0. The van der Waals surface area contributed by atoms with Crippen molar-refractivity contribution in [1.82, 2.24) is 9.55 Å². The summed E-state index contributed by atoms with van der Waals surface area (Å²) in [6, 6.07) is 0.981. The maximum atomic E-state index is 11.9. The molecule has 5 nitrogen and oxygen atoms in total. The van der Waals surface area contributed by atoms with Crippen LogP contribution in [0.4, 0.5) is 4.79 Å². The fourth-order valence-electron chi connectivity index (χ4n) is 1.57. The molecule has 0 saturated heterocycles. The molecule has 0 atom stereocenters. The molecular formula is C10H11N3O2S. The standard InChI is InChI=1S/C10H11N3O2S/c1-3-6-4-7-8(16-6)12-5(2)13(9(7)14)10(11)15/h4H,3H2,1-2H3,(H2,11,15). The van der Waals surface area contributed by atoms with Crippen molar-refractivity contribution in [2.75, 3.05) is 0 Å². The van der Waals surface area contributed by atoms with Crippen LogP contribution in [-0.4, -0.2) is 15.6 Å². The van der Waals surface area contributed by atoms with Crippen LogP contribution in [0.15, 0.2) is 10.9 Å². The monoisotopic (exact) mass is 237 g/mol. The molecule has 2 N–H and O–H groups in total. The first-order chi connectivity index (χ1) is 7.54. The van der Waals surface area contributed by atoms with E-state index in [-0.39, 0.29) is 5.56 Å². The van der Waals surface area contributed by atoms with E-state index in [9.17, 15) is 9.59 Å². The molecule has 1 amide bonds. The molecule has 0 bridgehead atoms. The number of amides is 1. The van der Waals surface area contributed by atoms with Crippen molar-refractivity contribution in [2.45, 2.75) is 20.3 Å². The molecule has 0 aromatic carbocycles. The second-order valence-electron chi connectivity index (χ2n) is 3.42. The number of nitrogens with two attached hydrogens (primary N) is 1. The first-order valence-corrected chi connectivity index (χ1v) is 5.68. The number of thiophene rings is 1. The Morgan fingerprint density at radius 2 is 2.31 bits per heavy atom. The third-order valence-electron chi connectivity index (χ3n) is 2.35. The topological polar surface area (TPSA) is 78.0 Å². The molecule has 0 aliphatic rings. The van der Waals surface area contributed by atoms with E-state index in [2.05, 4.69) is 4.98 Å². The van der Waals surface area contributed by atoms with Gasteiger partial charge in [0.15, 0.2) is 0 Å². The number of rotatable bonds is 1. The lowest BCUT2D eigenvalue weighted by Gasteiger charge is -2.03. The summed E-state index contributed by atoms with van der Waals surface area (Å²) in [6.45, 7) is 3.60. The average molecular weight is 237 g/mol. The summed E-state index contributed by atoms with van der Waals surface area (Å²) in [6.07, 6.45) is 0.843. The van der Waals surface area contributed by atoms with Crippen molar-refractivity contribution in [2.24, 2.45) is 5.73 Å². The Balaban J connectivity index is 2.87. The van der Waals surface area contributed by atoms with E-state index in [1.807, 2.05) is 6.92 Å². The number of carbonyl (C=O) groups is 1. The Hall–Kier alpha value is -1.69. The number of hydrogen-bond acceptors (Lipinski definition) is 4. The fourth-order valence-corrected chi connectivity index (χ4v) is 2.57. The quantitative estimate of drug-likeness (QED) is 0.810. The number of fused-ring (bicyclic) bond motifs is 1. The predicted molar refractivity (Wildman–Crippen MR) is 63.0 cm³/mol. The molecule has 2 aromatic rings. The molecule has 84 valence electrons. The average Bonchev–Trinajstić information content (AvgIpc) is 2.60. The number of nitrogens with zero attached hydrogens (tertiary/aromatic N) is 2. The number of carbonyl (C=O) groups excluding carboxylic acids is 1. The minimum absolute atomic E-state index is 0.328. The zero-order valence-corrected chi connectivity index (χ0v) is 9.80. The van der Waals surface area contributed by atoms with Gasteiger partial charge in [-0.05, 0) is 19.4 Å². The van der Waals surface area contributed by atoms with Crippen LogP contribution >= 0.6 is 11.3 Å². The first kappa shape index (κ1) is 10.8. The van der Waals surface area contributed by atoms with Crippen LogP contribution in [0.2, 0.25) is 0 Å². The largest absolute Gasteiger partial charge is 0.351 e. The minimum atomic E-state index is -0.791. The Bertz CT molecular complexity index is 627. The third kappa shape index (κ3) is 1.51. The molecule has 0 saturated carbocycles. The highest BCUT2D eigenvalue weighted by molar-refractivity contribution is 7.18. The smallest absolute Gasteiger partial charge is 0.327 e. The molecule has 0 fully saturated rings. The van der Waals surface area contributed by atoms with Gasteiger partial charge in [0.25, 0.3) is 5.56 Å². The fraction of sp³-hybridized carbons (Fsp3) is 0.300. The molecule has 0 spiro atoms. The molecule has 2 aromatic heterocycles. The molecule has 16 heavy (non-hydrogen) atoms. The normalized spacial score (nSPS) is 10.9. The number of aryl methyl sites for hydroxylation is 2. The number of aromatic nitrogens is 2. The van der Waals surface area contributed by atoms with E-state index in [0.29, 0.717) is 16.0 Å². The van der Waals surface area contributed by atoms with Crippen molar-refractivity contribution in [3.63, 3.8) is 0 Å². The van der Waals surface area contributed by atoms with Gasteiger partial charge in [-0.3, -0.25) is 4.79 Å². The van der Waals surface area contributed by atoms with E-state index in [4.69, 9.17) is 5.73 Å². The Morgan fingerprint density at radius 1 is 1.62 bits per heavy atom. The summed E-state index contributed by atoms with van der Waals surface area (Å²) in [5, 5.41) is 0.464. The van der Waals surface area contributed by atoms with Crippen LogP contribution in [-0.2, 0) is 6.42 Å². The van der Waals surface area contributed by atoms with Crippen LogP contribution in [0.3, 0.4) is 0 Å². The van der Waals surface area contributed by atoms with Gasteiger partial charge in [0.2, 0.25) is 0 Å². The molecule has 0 aliphatic heterocycles. The zero-order valence-electron chi connectivity index (χ0n) is 8.98. The summed E-state index contributed by atoms with van der Waals surface area (Å²) >= 11 is 1.47. The van der Waals surface area contributed by atoms with E-state index in [0.717, 1.165) is 15.9 Å². The van der Waals surface area contributed by atoms with Gasteiger partial charge in [-0.2, -0.15) is 0 Å². The van der Waals surface area contributed by atoms with Crippen molar-refractivity contribution < 1.29 is 4.79 Å². The van der Waals surface area contributed by atoms with Gasteiger partial charge < -0.3 is 5.73 Å². The number of hydrogen-bond donors (Lipinski definition) is 1. The van der Waals surface area contributed by atoms with Gasteiger partial charge in [0, 0.05) is 4.88 Å². The van der Waals surface area contributed by atoms with Crippen LogP contribution in [0.1, 0.15) is 17.6 Å². The molecule has 0 radical (unpaired) electrons. The van der Waals surface area contributed by atoms with E-state index >= 15 is 0 Å². The molecule has 0 unspecified atom stereocenters. The van der Waals surface area contributed by atoms with E-state index in [1.165, 1.54) is 11.3 Å². The minimum Gasteiger partial charge on any atom is -0.351 e. The van der Waals surface area contributed by atoms with Crippen LogP contribution in [0.5, 0.6) is 0 Å². The van der Waals surface area contributed by atoms with Crippen molar-refractivity contribution in [1.29, 1.82) is 0 Å². The van der Waals surface area contributed by atoms with Crippen molar-refractivity contribution in [3.8, 4) is 0 Å². The van der Waals surface area contributed by atoms with Crippen LogP contribution in [0.25, 0.3) is 10.2 Å². The summed E-state index contributed by atoms with van der Waals surface area (Å²) in [5.41, 5.74) is 4.75. The van der Waals surface area contributed by atoms with Crippen molar-refractivity contribution >= 4 is 27.6 Å². The van der Waals surface area contributed by atoms with Gasteiger partial charge in [0.1, 0.15) is 10.7 Å². The van der Waals surface area contributed by atoms with Gasteiger partial charge in [0.05, 0.1) is 5.39 Å². The Labute approximate surface area is 95.5 Å². The highest BCUT2D eigenvalue weighted by Crippen LogP contribution is 2.21. The summed E-state index contributed by atoms with van der Waals surface area (Å²) in [5.74, 6) is 0.328. The highest BCUT2D eigenvalue weighted by atomic mass is 32.1. The maximum absolute atomic E-state index is 11.9. The SMILES string of the molecule is CCc1cc2c(=O)n(C(N)=O)c(C)nc2s1. The lowest BCUT2D eigenvalue weighted by atomic mass is 10.3. The predicted octanol–water partition coefficient (Wildman–Crippen LogP) is 1.26. The van der Waals surface area contributed by atoms with Gasteiger partial charge >= 0.3 is 6.03 Å². The van der Waals surface area contributed by atoms with E-state index in [1.54, 1.807) is 13.0 Å². The molecular weight excluding hydrogens is 226 g/mol. The lowest BCUT2D eigenvalue weighted by molar-refractivity contribution is 0.249. The highest BCUT2D eigenvalue weighted by Gasteiger charge is 2.13. The molecule has 2 rings (SSSR count). The van der Waals surface area contributed by atoms with Crippen LogP contribution < -0.4 is 11.3 Å². The second-order valence-corrected chi connectivity index (χ2v) is 4.54. The maximum Gasteiger partial charge on any atom is 0.327 e.